The number of hydrogen-bond acceptors (Lipinski definition) is 14. The van der Waals surface area contributed by atoms with Gasteiger partial charge in [-0.15, -0.1) is 0 Å². The van der Waals surface area contributed by atoms with Gasteiger partial charge in [0, 0.05) is 12.3 Å². The predicted molar refractivity (Wildman–Crippen MR) is 273 cm³/mol. The van der Waals surface area contributed by atoms with Gasteiger partial charge in [-0.1, -0.05) is 93.4 Å². The van der Waals surface area contributed by atoms with Crippen LogP contribution >= 0.6 is 7.82 Å². The van der Waals surface area contributed by atoms with Gasteiger partial charge in [0.05, 0.1) is 43.4 Å². The number of cyclic esters (lactones) is 1. The molecular weight excluding hydrogens is 956 g/mol. The molecule has 1 aliphatic heterocycles. The van der Waals surface area contributed by atoms with E-state index in [2.05, 4.69) is 41.5 Å². The fourth-order valence-corrected chi connectivity index (χ4v) is 16.3. The van der Waals surface area contributed by atoms with E-state index in [1.54, 1.807) is 13.0 Å². The van der Waals surface area contributed by atoms with Gasteiger partial charge in [0.2, 0.25) is 5.76 Å². The average Bonchev–Trinajstić information content (AvgIpc) is 3.84. The molecule has 0 spiro atoms. The highest BCUT2D eigenvalue weighted by atomic mass is 31.2. The van der Waals surface area contributed by atoms with E-state index in [4.69, 9.17) is 23.3 Å². The summed E-state index contributed by atoms with van der Waals surface area (Å²) in [5.74, 6) is 0.205. The number of carbonyl (C=O) groups excluding carboxylic acids is 3. The fourth-order valence-electron chi connectivity index (χ4n) is 15.3. The molecule has 4 saturated carbocycles. The van der Waals surface area contributed by atoms with Crippen LogP contribution in [0.15, 0.2) is 35.3 Å². The van der Waals surface area contributed by atoms with Gasteiger partial charge in [0.1, 0.15) is 12.2 Å². The molecule has 7 rings (SSSR count). The Morgan fingerprint density at radius 2 is 1.63 bits per heavy atom. The highest BCUT2D eigenvalue weighted by Gasteiger charge is 2.61. The summed E-state index contributed by atoms with van der Waals surface area (Å²) in [6, 6.07) is 0. The van der Waals surface area contributed by atoms with E-state index in [-0.39, 0.29) is 60.2 Å². The zero-order valence-electron chi connectivity index (χ0n) is 45.2. The maximum atomic E-state index is 13.8. The van der Waals surface area contributed by atoms with Crippen LogP contribution in [-0.4, -0.2) is 97.7 Å². The van der Waals surface area contributed by atoms with E-state index in [0.717, 1.165) is 42.6 Å². The van der Waals surface area contributed by atoms with Crippen molar-refractivity contribution in [3.8, 4) is 0 Å². The first-order valence-corrected chi connectivity index (χ1v) is 29.7. The molecule has 414 valence electrons. The van der Waals surface area contributed by atoms with Crippen LogP contribution in [0.1, 0.15) is 171 Å². The molecule has 0 bridgehead atoms. The maximum Gasteiger partial charge on any atom is 0.528 e. The third-order valence-electron chi connectivity index (χ3n) is 20.2. The number of allylic oxidation sites excluding steroid dienone is 2. The molecule has 21 atom stereocenters. The fraction of sp³-hybridized carbons (Fsp3) is 0.842. The van der Waals surface area contributed by atoms with Gasteiger partial charge < -0.3 is 44.3 Å². The highest BCUT2D eigenvalue weighted by molar-refractivity contribution is 7.47. The van der Waals surface area contributed by atoms with Crippen LogP contribution in [0.25, 0.3) is 0 Å². The molecule has 16 heteroatoms. The van der Waals surface area contributed by atoms with Crippen LogP contribution in [0.5, 0.6) is 0 Å². The number of aliphatic hydroxyl groups is 5. The van der Waals surface area contributed by atoms with Crippen molar-refractivity contribution in [3.05, 3.63) is 35.3 Å². The zero-order valence-corrected chi connectivity index (χ0v) is 46.1. The van der Waals surface area contributed by atoms with Crippen LogP contribution in [0, 0.1) is 81.8 Å². The second-order valence-corrected chi connectivity index (χ2v) is 26.3. The Labute approximate surface area is 434 Å². The largest absolute Gasteiger partial charge is 0.528 e. The Bertz CT molecular complexity index is 2090. The van der Waals surface area contributed by atoms with Gasteiger partial charge in [-0.25, -0.2) is 9.36 Å². The third kappa shape index (κ3) is 12.9. The SMILES string of the molecule is CC[C@H](C)C(=O)O[C@H]1C[C@H](O)C=C2C=C[C@H](C)[C@H](CC[C@@H](O)C[C@@H](O)CC(=O)OC3=C(OP(=O)(O)OC4CC[C@@]5(C)[C@@H](CC[C@@H]6[C@@H]5CC[C@]5(C)C([C@H](C)CC[C@@H](C)C(C)C)CC[C@@H]65)C4)C(=O)OC3C(O)CO)[C@H]21. The minimum atomic E-state index is -5.07. The van der Waals surface area contributed by atoms with E-state index in [1.165, 1.54) is 38.5 Å². The van der Waals surface area contributed by atoms with Crippen LogP contribution in [0.4, 0.5) is 0 Å². The number of esters is 3. The number of aliphatic hydroxyl groups excluding tert-OH is 5. The van der Waals surface area contributed by atoms with Gasteiger partial charge >= 0.3 is 25.7 Å². The van der Waals surface area contributed by atoms with Gasteiger partial charge in [-0.2, -0.15) is 0 Å². The lowest BCUT2D eigenvalue weighted by Gasteiger charge is -2.61. The quantitative estimate of drug-likeness (QED) is 0.0337. The van der Waals surface area contributed by atoms with E-state index in [9.17, 15) is 49.4 Å². The summed E-state index contributed by atoms with van der Waals surface area (Å²) in [5, 5.41) is 53.0. The first-order chi connectivity index (χ1) is 34.4. The highest BCUT2D eigenvalue weighted by Crippen LogP contribution is 2.69. The maximum absolute atomic E-state index is 13.8. The molecule has 6 aliphatic carbocycles. The molecular formula is C57H91O15P. The molecule has 0 aromatic heterocycles. The molecule has 0 saturated heterocycles. The van der Waals surface area contributed by atoms with Gasteiger partial charge in [0.15, 0.2) is 6.10 Å². The number of carbonyl (C=O) groups is 3. The number of phosphoric ester groups is 1. The number of ether oxygens (including phenoxy) is 3. The molecule has 0 aromatic rings. The Morgan fingerprint density at radius 3 is 2.33 bits per heavy atom. The summed E-state index contributed by atoms with van der Waals surface area (Å²) in [5.41, 5.74) is 1.30. The molecule has 4 fully saturated rings. The number of phosphoric acid groups is 1. The van der Waals surface area contributed by atoms with Crippen LogP contribution in [0.3, 0.4) is 0 Å². The van der Waals surface area contributed by atoms with Gasteiger partial charge in [0.25, 0.3) is 5.76 Å². The minimum absolute atomic E-state index is 0.0526. The van der Waals surface area contributed by atoms with Crippen molar-refractivity contribution in [2.75, 3.05) is 6.61 Å². The first-order valence-electron chi connectivity index (χ1n) is 28.2. The van der Waals surface area contributed by atoms with Crippen molar-refractivity contribution in [1.29, 1.82) is 0 Å². The van der Waals surface area contributed by atoms with Crippen molar-refractivity contribution in [2.45, 2.75) is 214 Å². The van der Waals surface area contributed by atoms with E-state index < -0.39 is 87.0 Å². The summed E-state index contributed by atoms with van der Waals surface area (Å²) in [6.45, 7) is 19.4. The molecule has 1 heterocycles. The minimum Gasteiger partial charge on any atom is -0.461 e. The van der Waals surface area contributed by atoms with E-state index in [1.807, 2.05) is 26.0 Å². The second-order valence-electron chi connectivity index (χ2n) is 25.0. The average molecular weight is 1050 g/mol. The second kappa shape index (κ2) is 24.0. The van der Waals surface area contributed by atoms with Crippen molar-refractivity contribution < 1.29 is 72.6 Å². The summed E-state index contributed by atoms with van der Waals surface area (Å²) in [6.07, 6.45) is 10.1. The Morgan fingerprint density at radius 1 is 0.918 bits per heavy atom. The van der Waals surface area contributed by atoms with Crippen molar-refractivity contribution in [3.63, 3.8) is 0 Å². The van der Waals surface area contributed by atoms with Crippen LogP contribution in [-0.2, 0) is 42.2 Å². The molecule has 73 heavy (non-hydrogen) atoms. The summed E-state index contributed by atoms with van der Waals surface area (Å²) in [4.78, 5) is 50.6. The summed E-state index contributed by atoms with van der Waals surface area (Å²) in [7, 11) is -5.07. The molecule has 6 N–H and O–H groups in total. The molecule has 5 unspecified atom stereocenters. The smallest absolute Gasteiger partial charge is 0.461 e. The van der Waals surface area contributed by atoms with E-state index in [0.29, 0.717) is 54.8 Å². The molecule has 15 nitrogen and oxygen atoms in total. The van der Waals surface area contributed by atoms with Crippen molar-refractivity contribution in [2.24, 2.45) is 81.8 Å². The Hall–Kier alpha value is -2.62. The molecule has 7 aliphatic rings. The summed E-state index contributed by atoms with van der Waals surface area (Å²) >= 11 is 0. The number of hydrogen-bond donors (Lipinski definition) is 6. The number of fused-ring (bicyclic) bond motifs is 6. The van der Waals surface area contributed by atoms with Crippen molar-refractivity contribution >= 4 is 25.7 Å². The Balaban J connectivity index is 0.935. The Kier molecular flexibility index (Phi) is 19.1. The molecule has 0 aromatic carbocycles. The standard InChI is InChI=1S/C57H91O15P/c1-10-32(4)54(64)68-48-28-39(60)25-36-14-13-34(6)42(50(36)48)18-16-38(59)27-40(61)29-49(63)69-52-51(47(62)30-58)70-55(65)53(52)72-73(66,67)71-41-21-23-56(8)37(26-41)15-17-43-45-20-19-44(57(45,9)24-22-46(43)56)35(7)12-11-33(5)31(2)3/h13-14,25,31-35,37-48,50-51,58-62H,10-12,15-24,26-30H2,1-9H3,(H,66,67)/t32-,33+,34-,35+,37-,38+,39+,40+,41?,42-,43-,44?,45-,46-,47?,48-,50-,51?,56-,57+/m0/s1. The van der Waals surface area contributed by atoms with E-state index >= 15 is 0 Å². The lowest BCUT2D eigenvalue weighted by Crippen LogP contribution is -2.54. The lowest BCUT2D eigenvalue weighted by molar-refractivity contribution is -0.159. The van der Waals surface area contributed by atoms with Gasteiger partial charge in [-0.05, 0) is 159 Å². The monoisotopic (exact) mass is 1050 g/mol. The first kappa shape index (κ1) is 58.1. The summed E-state index contributed by atoms with van der Waals surface area (Å²) < 4.78 is 41.6. The zero-order chi connectivity index (χ0) is 53.3. The van der Waals surface area contributed by atoms with Gasteiger partial charge in [-0.3, -0.25) is 19.0 Å². The molecule has 0 radical (unpaired) electrons. The molecule has 0 amide bonds. The third-order valence-corrected chi connectivity index (χ3v) is 21.2. The predicted octanol–water partition coefficient (Wildman–Crippen LogP) is 9.26. The topological polar surface area (TPSA) is 236 Å². The van der Waals surface area contributed by atoms with Crippen LogP contribution in [0.2, 0.25) is 0 Å². The lowest BCUT2D eigenvalue weighted by atomic mass is 9.44. The normalized spacial score (nSPS) is 38.3. The number of rotatable bonds is 22. The van der Waals surface area contributed by atoms with Crippen molar-refractivity contribution in [1.82, 2.24) is 0 Å². The van der Waals surface area contributed by atoms with Crippen LogP contribution < -0.4 is 0 Å².